The normalized spacial score (nSPS) is 16.3. The van der Waals surface area contributed by atoms with E-state index in [1.54, 1.807) is 41.4 Å². The molecule has 1 N–H and O–H groups in total. The first-order valence-corrected chi connectivity index (χ1v) is 9.14. The number of hydrogen-bond acceptors (Lipinski definition) is 4. The maximum Gasteiger partial charge on any atom is 0.251 e. The number of aromatic amines is 1. The van der Waals surface area contributed by atoms with Crippen LogP contribution in [0.1, 0.15) is 23.6 Å². The van der Waals surface area contributed by atoms with Gasteiger partial charge in [0.2, 0.25) is 5.91 Å². The minimum atomic E-state index is -0.372. The molecule has 7 heteroatoms. The monoisotopic (exact) mass is 378 g/mol. The summed E-state index contributed by atoms with van der Waals surface area (Å²) in [5.74, 6) is -0.112. The van der Waals surface area contributed by atoms with Gasteiger partial charge in [0.1, 0.15) is 11.5 Å². The summed E-state index contributed by atoms with van der Waals surface area (Å²) in [4.78, 5) is 37.9. The Balaban J connectivity index is 1.50. The molecule has 3 heterocycles. The van der Waals surface area contributed by atoms with Crippen LogP contribution in [0.5, 0.6) is 0 Å². The molecule has 1 fully saturated rings. The van der Waals surface area contributed by atoms with Gasteiger partial charge in [0.05, 0.1) is 12.1 Å². The number of rotatable bonds is 4. The number of nitrogens with zero attached hydrogens (tertiary/aromatic N) is 3. The second-order valence-corrected chi connectivity index (χ2v) is 6.83. The number of hydrogen-bond donors (Lipinski definition) is 1. The molecule has 1 saturated heterocycles. The Bertz CT molecular complexity index is 1050. The van der Waals surface area contributed by atoms with Crippen molar-refractivity contribution in [1.29, 1.82) is 0 Å². The number of amides is 1. The molecule has 6 nitrogen and oxygen atoms in total. The molecular weight excluding hydrogens is 359 g/mol. The van der Waals surface area contributed by atoms with Crippen molar-refractivity contribution in [3.63, 3.8) is 0 Å². The molecule has 0 spiro atoms. The molecule has 0 bridgehead atoms. The first-order chi connectivity index (χ1) is 13.6. The van der Waals surface area contributed by atoms with Crippen molar-refractivity contribution in [2.45, 2.75) is 18.8 Å². The van der Waals surface area contributed by atoms with Crippen molar-refractivity contribution in [2.24, 2.45) is 0 Å². The number of carbonyl (C=O) groups excluding carboxylic acids is 1. The third kappa shape index (κ3) is 3.83. The van der Waals surface area contributed by atoms with Crippen LogP contribution in [-0.4, -0.2) is 38.8 Å². The Hall–Kier alpha value is -3.35. The minimum Gasteiger partial charge on any atom is -0.342 e. The van der Waals surface area contributed by atoms with E-state index in [4.69, 9.17) is 0 Å². The Labute approximate surface area is 161 Å². The van der Waals surface area contributed by atoms with Gasteiger partial charge in [-0.05, 0) is 30.2 Å². The summed E-state index contributed by atoms with van der Waals surface area (Å²) >= 11 is 0. The summed E-state index contributed by atoms with van der Waals surface area (Å²) in [5.41, 5.74) is 1.38. The lowest BCUT2D eigenvalue weighted by molar-refractivity contribution is -0.129. The summed E-state index contributed by atoms with van der Waals surface area (Å²) in [6, 6.07) is 13.2. The van der Waals surface area contributed by atoms with Crippen LogP contribution in [0.4, 0.5) is 4.39 Å². The van der Waals surface area contributed by atoms with Gasteiger partial charge < -0.3 is 9.88 Å². The van der Waals surface area contributed by atoms with Gasteiger partial charge in [-0.3, -0.25) is 14.6 Å². The van der Waals surface area contributed by atoms with Gasteiger partial charge in [-0.15, -0.1) is 0 Å². The lowest BCUT2D eigenvalue weighted by atomic mass is 10.0. The number of benzene rings is 1. The van der Waals surface area contributed by atoms with Gasteiger partial charge in [0.15, 0.2) is 5.82 Å². The fraction of sp³-hybridized carbons (Fsp3) is 0.238. The summed E-state index contributed by atoms with van der Waals surface area (Å²) in [6.45, 7) is 1.02. The number of nitrogens with one attached hydrogen (secondary N) is 1. The number of aromatic nitrogens is 3. The number of pyridine rings is 1. The molecule has 0 saturated carbocycles. The van der Waals surface area contributed by atoms with E-state index < -0.39 is 0 Å². The number of H-pyrrole nitrogens is 1. The summed E-state index contributed by atoms with van der Waals surface area (Å²) in [5, 5.41) is 0. The Morgan fingerprint density at radius 2 is 2.04 bits per heavy atom. The number of likely N-dealkylation sites (tertiary alicyclic amines) is 1. The lowest BCUT2D eigenvalue weighted by Crippen LogP contribution is -2.30. The smallest absolute Gasteiger partial charge is 0.251 e. The zero-order chi connectivity index (χ0) is 19.5. The highest BCUT2D eigenvalue weighted by molar-refractivity contribution is 5.79. The fourth-order valence-electron chi connectivity index (χ4n) is 3.45. The molecule has 1 aliphatic rings. The average molecular weight is 378 g/mol. The molecule has 1 amide bonds. The van der Waals surface area contributed by atoms with Crippen LogP contribution in [0.2, 0.25) is 0 Å². The predicted octanol–water partition coefficient (Wildman–Crippen LogP) is 2.53. The van der Waals surface area contributed by atoms with E-state index in [9.17, 15) is 14.0 Å². The number of halogens is 1. The van der Waals surface area contributed by atoms with Crippen LogP contribution in [0.25, 0.3) is 11.5 Å². The average Bonchev–Trinajstić information content (AvgIpc) is 3.20. The molecule has 0 radical (unpaired) electrons. The van der Waals surface area contributed by atoms with Crippen LogP contribution in [-0.2, 0) is 11.2 Å². The predicted molar refractivity (Wildman–Crippen MR) is 102 cm³/mol. The van der Waals surface area contributed by atoms with Crippen LogP contribution in [0.15, 0.2) is 59.5 Å². The van der Waals surface area contributed by atoms with E-state index >= 15 is 0 Å². The minimum absolute atomic E-state index is 0.0291. The SMILES string of the molecule is O=C(Cc1ccccc1F)N1CC[C@H](c2cc(=O)[nH]c(-c3ccccn3)n2)C1. The van der Waals surface area contributed by atoms with Gasteiger partial charge in [0.25, 0.3) is 5.56 Å². The third-order valence-electron chi connectivity index (χ3n) is 4.93. The van der Waals surface area contributed by atoms with Crippen molar-refractivity contribution in [1.82, 2.24) is 19.9 Å². The second kappa shape index (κ2) is 7.72. The maximum atomic E-state index is 13.8. The van der Waals surface area contributed by atoms with E-state index in [0.717, 1.165) is 0 Å². The fourth-order valence-corrected chi connectivity index (χ4v) is 3.45. The first-order valence-electron chi connectivity index (χ1n) is 9.14. The zero-order valence-electron chi connectivity index (χ0n) is 15.1. The van der Waals surface area contributed by atoms with Gasteiger partial charge in [-0.2, -0.15) is 0 Å². The molecule has 2 aromatic heterocycles. The zero-order valence-corrected chi connectivity index (χ0v) is 15.1. The maximum absolute atomic E-state index is 13.8. The van der Waals surface area contributed by atoms with E-state index in [1.807, 2.05) is 6.07 Å². The molecule has 4 rings (SSSR count). The van der Waals surface area contributed by atoms with Crippen molar-refractivity contribution in [2.75, 3.05) is 13.1 Å². The highest BCUT2D eigenvalue weighted by Gasteiger charge is 2.29. The Kier molecular flexibility index (Phi) is 4.97. The van der Waals surface area contributed by atoms with E-state index in [2.05, 4.69) is 15.0 Å². The highest BCUT2D eigenvalue weighted by atomic mass is 19.1. The molecule has 3 aromatic rings. The van der Waals surface area contributed by atoms with E-state index in [-0.39, 0.29) is 29.6 Å². The van der Waals surface area contributed by atoms with E-state index in [1.165, 1.54) is 12.1 Å². The number of carbonyl (C=O) groups is 1. The Morgan fingerprint density at radius 1 is 1.21 bits per heavy atom. The quantitative estimate of drug-likeness (QED) is 0.757. The van der Waals surface area contributed by atoms with E-state index in [0.29, 0.717) is 42.3 Å². The lowest BCUT2D eigenvalue weighted by Gasteiger charge is -2.17. The standard InChI is InChI=1S/C21H19FN4O2/c22-16-6-2-1-5-14(16)11-20(28)26-10-8-15(13-26)18-12-19(27)25-21(24-18)17-7-3-4-9-23-17/h1-7,9,12,15H,8,10-11,13H2,(H,24,25,27)/t15-/m0/s1. The molecule has 0 aliphatic carbocycles. The largest absolute Gasteiger partial charge is 0.342 e. The Morgan fingerprint density at radius 3 is 2.82 bits per heavy atom. The van der Waals surface area contributed by atoms with Crippen LogP contribution < -0.4 is 5.56 Å². The van der Waals surface area contributed by atoms with Crippen LogP contribution in [0.3, 0.4) is 0 Å². The summed E-state index contributed by atoms with van der Waals surface area (Å²) in [6.07, 6.45) is 2.38. The molecule has 1 atom stereocenters. The third-order valence-corrected chi connectivity index (χ3v) is 4.93. The van der Waals surface area contributed by atoms with Gasteiger partial charge in [-0.1, -0.05) is 24.3 Å². The topological polar surface area (TPSA) is 79.0 Å². The molecule has 142 valence electrons. The summed E-state index contributed by atoms with van der Waals surface area (Å²) < 4.78 is 13.8. The van der Waals surface area contributed by atoms with Gasteiger partial charge in [-0.25, -0.2) is 9.37 Å². The molecule has 1 aromatic carbocycles. The first kappa shape index (κ1) is 18.0. The molecule has 28 heavy (non-hydrogen) atoms. The van der Waals surface area contributed by atoms with Gasteiger partial charge >= 0.3 is 0 Å². The van der Waals surface area contributed by atoms with Crippen LogP contribution in [0, 0.1) is 5.82 Å². The van der Waals surface area contributed by atoms with Crippen molar-refractivity contribution < 1.29 is 9.18 Å². The summed E-state index contributed by atoms with van der Waals surface area (Å²) in [7, 11) is 0. The highest BCUT2D eigenvalue weighted by Crippen LogP contribution is 2.26. The van der Waals surface area contributed by atoms with Gasteiger partial charge in [0, 0.05) is 31.3 Å². The molecule has 0 unspecified atom stereocenters. The second-order valence-electron chi connectivity index (χ2n) is 6.83. The van der Waals surface area contributed by atoms with Crippen molar-refractivity contribution in [3.8, 4) is 11.5 Å². The van der Waals surface area contributed by atoms with Crippen LogP contribution >= 0.6 is 0 Å². The molecular formula is C21H19FN4O2. The molecule has 1 aliphatic heterocycles. The van der Waals surface area contributed by atoms with Crippen molar-refractivity contribution >= 4 is 5.91 Å². The van der Waals surface area contributed by atoms with Crippen molar-refractivity contribution in [3.05, 3.63) is 82.2 Å².